The third-order valence-corrected chi connectivity index (χ3v) is 4.07. The average Bonchev–Trinajstić information content (AvgIpc) is 2.26. The van der Waals surface area contributed by atoms with Crippen LogP contribution in [0.25, 0.3) is 0 Å². The summed E-state index contributed by atoms with van der Waals surface area (Å²) in [5.41, 5.74) is 7.06. The third-order valence-electron chi connectivity index (χ3n) is 4.07. The number of hydrogen-bond acceptors (Lipinski definition) is 1. The highest BCUT2D eigenvalue weighted by atomic mass is 16.3. The van der Waals surface area contributed by atoms with E-state index in [1.807, 2.05) is 0 Å². The molecule has 0 heterocycles. The number of aryl methyl sites for hydroxylation is 2. The van der Waals surface area contributed by atoms with Crippen LogP contribution in [0, 0.1) is 33.6 Å². The number of rotatable bonds is 5. The first-order chi connectivity index (χ1) is 8.38. The molecule has 1 unspecified atom stereocenters. The van der Waals surface area contributed by atoms with Crippen molar-refractivity contribution in [2.24, 2.45) is 5.92 Å². The molecule has 0 aliphatic rings. The van der Waals surface area contributed by atoms with E-state index in [0.29, 0.717) is 11.8 Å². The molecule has 1 heteroatoms. The smallest absolute Gasteiger partial charge is 0.0436 e. The van der Waals surface area contributed by atoms with E-state index in [-0.39, 0.29) is 6.61 Å². The Hall–Kier alpha value is -0.820. The second-order valence-corrected chi connectivity index (χ2v) is 6.01. The van der Waals surface area contributed by atoms with Gasteiger partial charge in [0.15, 0.2) is 0 Å². The van der Waals surface area contributed by atoms with Gasteiger partial charge in [-0.3, -0.25) is 0 Å². The molecule has 0 radical (unpaired) electrons. The fraction of sp³-hybridized carbons (Fsp3) is 0.647. The van der Waals surface area contributed by atoms with Crippen molar-refractivity contribution in [3.8, 4) is 0 Å². The van der Waals surface area contributed by atoms with E-state index in [1.54, 1.807) is 0 Å². The van der Waals surface area contributed by atoms with Gasteiger partial charge in [-0.15, -0.1) is 0 Å². The molecule has 0 bridgehead atoms. The van der Waals surface area contributed by atoms with Gasteiger partial charge in [-0.1, -0.05) is 19.9 Å². The lowest BCUT2D eigenvalue weighted by Gasteiger charge is -2.25. The molecule has 1 N–H and O–H groups in total. The SMILES string of the molecule is Cc1cc(C)c(C)c(C(CCO)CC(C)C)c1C. The number of benzene rings is 1. The molecule has 0 amide bonds. The molecule has 0 saturated carbocycles. The Morgan fingerprint density at radius 2 is 1.50 bits per heavy atom. The quantitative estimate of drug-likeness (QED) is 0.817. The summed E-state index contributed by atoms with van der Waals surface area (Å²) < 4.78 is 0. The lowest BCUT2D eigenvalue weighted by molar-refractivity contribution is 0.267. The maximum absolute atomic E-state index is 9.33. The van der Waals surface area contributed by atoms with Gasteiger partial charge in [0.2, 0.25) is 0 Å². The van der Waals surface area contributed by atoms with E-state index in [2.05, 4.69) is 47.6 Å². The van der Waals surface area contributed by atoms with E-state index in [0.717, 1.165) is 12.8 Å². The Balaban J connectivity index is 3.25. The van der Waals surface area contributed by atoms with E-state index < -0.39 is 0 Å². The van der Waals surface area contributed by atoms with Crippen molar-refractivity contribution in [2.45, 2.75) is 60.3 Å². The molecule has 0 saturated heterocycles. The fourth-order valence-electron chi connectivity index (χ4n) is 2.96. The van der Waals surface area contributed by atoms with Gasteiger partial charge in [-0.2, -0.15) is 0 Å². The molecule has 0 aliphatic carbocycles. The zero-order chi connectivity index (χ0) is 13.9. The molecule has 102 valence electrons. The molecular weight excluding hydrogens is 220 g/mol. The van der Waals surface area contributed by atoms with Crippen molar-refractivity contribution in [1.29, 1.82) is 0 Å². The lowest BCUT2D eigenvalue weighted by Crippen LogP contribution is -2.10. The maximum atomic E-state index is 9.33. The predicted octanol–water partition coefficient (Wildman–Crippen LogP) is 4.43. The molecule has 1 nitrogen and oxygen atoms in total. The summed E-state index contributed by atoms with van der Waals surface area (Å²) in [7, 11) is 0. The Morgan fingerprint density at radius 3 is 1.89 bits per heavy atom. The second-order valence-electron chi connectivity index (χ2n) is 6.01. The molecular formula is C17H28O. The van der Waals surface area contributed by atoms with Crippen molar-refractivity contribution >= 4 is 0 Å². The number of aliphatic hydroxyl groups excluding tert-OH is 1. The van der Waals surface area contributed by atoms with E-state index in [1.165, 1.54) is 27.8 Å². The predicted molar refractivity (Wildman–Crippen MR) is 79.3 cm³/mol. The summed E-state index contributed by atoms with van der Waals surface area (Å²) in [4.78, 5) is 0. The summed E-state index contributed by atoms with van der Waals surface area (Å²) in [5, 5.41) is 9.33. The first-order valence-corrected chi connectivity index (χ1v) is 7.06. The Morgan fingerprint density at radius 1 is 1.00 bits per heavy atom. The van der Waals surface area contributed by atoms with Crippen LogP contribution in [-0.4, -0.2) is 11.7 Å². The standard InChI is InChI=1S/C17H28O/c1-11(2)9-16(7-8-18)17-14(5)12(3)10-13(4)15(17)6/h10-11,16,18H,7-9H2,1-6H3. The van der Waals surface area contributed by atoms with Crippen LogP contribution in [0.5, 0.6) is 0 Å². The Bertz CT molecular complexity index is 378. The molecule has 0 aromatic heterocycles. The molecule has 0 fully saturated rings. The van der Waals surface area contributed by atoms with E-state index in [9.17, 15) is 5.11 Å². The van der Waals surface area contributed by atoms with Crippen LogP contribution in [0.4, 0.5) is 0 Å². The average molecular weight is 248 g/mol. The van der Waals surface area contributed by atoms with Gasteiger partial charge < -0.3 is 5.11 Å². The largest absolute Gasteiger partial charge is 0.396 e. The highest BCUT2D eigenvalue weighted by Crippen LogP contribution is 2.34. The molecule has 1 atom stereocenters. The molecule has 1 aromatic rings. The summed E-state index contributed by atoms with van der Waals surface area (Å²) in [6, 6.07) is 2.28. The van der Waals surface area contributed by atoms with Gasteiger partial charge in [0.1, 0.15) is 0 Å². The van der Waals surface area contributed by atoms with Gasteiger partial charge >= 0.3 is 0 Å². The highest BCUT2D eigenvalue weighted by molar-refractivity contribution is 5.46. The van der Waals surface area contributed by atoms with Crippen LogP contribution in [0.15, 0.2) is 6.07 Å². The topological polar surface area (TPSA) is 20.2 Å². The first-order valence-electron chi connectivity index (χ1n) is 7.06. The second kappa shape index (κ2) is 6.38. The van der Waals surface area contributed by atoms with Crippen molar-refractivity contribution < 1.29 is 5.11 Å². The summed E-state index contributed by atoms with van der Waals surface area (Å²) in [6.45, 7) is 13.6. The molecule has 0 aliphatic heterocycles. The summed E-state index contributed by atoms with van der Waals surface area (Å²) in [6.07, 6.45) is 2.04. The van der Waals surface area contributed by atoms with Crippen molar-refractivity contribution in [2.75, 3.05) is 6.61 Å². The van der Waals surface area contributed by atoms with Gasteiger partial charge in [0, 0.05) is 6.61 Å². The van der Waals surface area contributed by atoms with E-state index >= 15 is 0 Å². The third kappa shape index (κ3) is 3.35. The zero-order valence-electron chi connectivity index (χ0n) is 12.8. The van der Waals surface area contributed by atoms with Gasteiger partial charge in [-0.25, -0.2) is 0 Å². The maximum Gasteiger partial charge on any atom is 0.0436 e. The summed E-state index contributed by atoms with van der Waals surface area (Å²) in [5.74, 6) is 1.16. The van der Waals surface area contributed by atoms with Crippen LogP contribution in [0.1, 0.15) is 60.4 Å². The normalized spacial score (nSPS) is 13.1. The van der Waals surface area contributed by atoms with Crippen molar-refractivity contribution in [3.05, 3.63) is 33.9 Å². The summed E-state index contributed by atoms with van der Waals surface area (Å²) >= 11 is 0. The number of hydrogen-bond donors (Lipinski definition) is 1. The van der Waals surface area contributed by atoms with Crippen LogP contribution in [0.3, 0.4) is 0 Å². The van der Waals surface area contributed by atoms with Gasteiger partial charge in [0.05, 0.1) is 0 Å². The van der Waals surface area contributed by atoms with Crippen LogP contribution >= 0.6 is 0 Å². The van der Waals surface area contributed by atoms with Gasteiger partial charge in [-0.05, 0) is 80.2 Å². The molecule has 1 aromatic carbocycles. The fourth-order valence-corrected chi connectivity index (χ4v) is 2.96. The van der Waals surface area contributed by atoms with Crippen LogP contribution < -0.4 is 0 Å². The highest BCUT2D eigenvalue weighted by Gasteiger charge is 2.19. The molecule has 18 heavy (non-hydrogen) atoms. The lowest BCUT2D eigenvalue weighted by atomic mass is 9.80. The zero-order valence-corrected chi connectivity index (χ0v) is 12.8. The van der Waals surface area contributed by atoms with Crippen LogP contribution in [0.2, 0.25) is 0 Å². The van der Waals surface area contributed by atoms with Crippen LogP contribution in [-0.2, 0) is 0 Å². The first kappa shape index (κ1) is 15.2. The van der Waals surface area contributed by atoms with Gasteiger partial charge in [0.25, 0.3) is 0 Å². The molecule has 1 rings (SSSR count). The molecule has 0 spiro atoms. The van der Waals surface area contributed by atoms with Crippen molar-refractivity contribution in [1.82, 2.24) is 0 Å². The Labute approximate surface area is 112 Å². The number of aliphatic hydroxyl groups is 1. The van der Waals surface area contributed by atoms with Crippen molar-refractivity contribution in [3.63, 3.8) is 0 Å². The minimum absolute atomic E-state index is 0.281. The van der Waals surface area contributed by atoms with E-state index in [4.69, 9.17) is 0 Å². The monoisotopic (exact) mass is 248 g/mol. The minimum atomic E-state index is 0.281. The Kier molecular flexibility index (Phi) is 5.40. The minimum Gasteiger partial charge on any atom is -0.396 e.